The van der Waals surface area contributed by atoms with Crippen LogP contribution < -0.4 is 21.1 Å². The average molecular weight is 450 g/mol. The number of hydrogen-bond acceptors (Lipinski definition) is 6. The Hall–Kier alpha value is -2.07. The summed E-state index contributed by atoms with van der Waals surface area (Å²) in [5.41, 5.74) is 5.78. The first kappa shape index (κ1) is 26.9. The van der Waals surface area contributed by atoms with E-state index in [1.54, 1.807) is 36.3 Å². The second-order valence-corrected chi connectivity index (χ2v) is 6.19. The van der Waals surface area contributed by atoms with Crippen LogP contribution in [0.4, 0.5) is 0 Å². The van der Waals surface area contributed by atoms with Crippen LogP contribution in [0.3, 0.4) is 0 Å². The molecule has 11 heteroatoms. The molecule has 4 N–H and O–H groups in total. The van der Waals surface area contributed by atoms with Crippen LogP contribution in [-0.4, -0.2) is 87.0 Å². The van der Waals surface area contributed by atoms with Crippen LogP contribution in [0.1, 0.15) is 10.4 Å². The van der Waals surface area contributed by atoms with Crippen molar-refractivity contribution < 1.29 is 19.1 Å². The third-order valence-corrected chi connectivity index (χ3v) is 4.41. The molecule has 1 heterocycles. The van der Waals surface area contributed by atoms with Crippen LogP contribution in [0.15, 0.2) is 24.3 Å². The first-order valence-electron chi connectivity index (χ1n) is 8.92. The third kappa shape index (κ3) is 8.86. The summed E-state index contributed by atoms with van der Waals surface area (Å²) in [6.45, 7) is 3.77. The summed E-state index contributed by atoms with van der Waals surface area (Å²) in [6.07, 6.45) is 0. The lowest BCUT2D eigenvalue weighted by molar-refractivity contribution is -0.134. The van der Waals surface area contributed by atoms with Gasteiger partial charge in [0, 0.05) is 44.8 Å². The minimum absolute atomic E-state index is 0. The Kier molecular flexibility index (Phi) is 13.0. The molecule has 1 aliphatic heterocycles. The summed E-state index contributed by atoms with van der Waals surface area (Å²) in [5, 5.41) is 5.38. The van der Waals surface area contributed by atoms with Crippen LogP contribution >= 0.6 is 24.8 Å². The highest BCUT2D eigenvalue weighted by Gasteiger charge is 2.21. The fourth-order valence-corrected chi connectivity index (χ4v) is 2.75. The minimum Gasteiger partial charge on any atom is -0.497 e. The van der Waals surface area contributed by atoms with E-state index in [1.807, 2.05) is 0 Å². The number of carbonyl (C=O) groups excluding carboxylic acids is 3. The zero-order valence-electron chi connectivity index (χ0n) is 16.4. The molecule has 2 rings (SSSR count). The number of amides is 3. The Bertz CT molecular complexity index is 652. The molecule has 0 unspecified atom stereocenters. The number of benzene rings is 1. The molecule has 1 aliphatic rings. The first-order chi connectivity index (χ1) is 13.0. The molecule has 1 fully saturated rings. The van der Waals surface area contributed by atoms with E-state index >= 15 is 0 Å². The quantitative estimate of drug-likeness (QED) is 0.491. The zero-order chi connectivity index (χ0) is 19.6. The van der Waals surface area contributed by atoms with Crippen LogP contribution in [0.2, 0.25) is 0 Å². The van der Waals surface area contributed by atoms with E-state index in [0.717, 1.165) is 13.1 Å². The molecule has 0 aliphatic carbocycles. The molecule has 0 atom stereocenters. The number of nitrogens with one attached hydrogen (secondary N) is 2. The van der Waals surface area contributed by atoms with E-state index in [2.05, 4.69) is 15.5 Å². The number of nitrogens with two attached hydrogens (primary N) is 1. The highest BCUT2D eigenvalue weighted by atomic mass is 35.5. The van der Waals surface area contributed by atoms with Crippen molar-refractivity contribution in [3.8, 4) is 5.75 Å². The molecule has 3 amide bonds. The Balaban J connectivity index is 0.00000392. The summed E-state index contributed by atoms with van der Waals surface area (Å²) in [7, 11) is 1.58. The van der Waals surface area contributed by atoms with Gasteiger partial charge in [-0.2, -0.15) is 0 Å². The molecule has 1 saturated heterocycles. The zero-order valence-corrected chi connectivity index (χ0v) is 18.0. The number of carbonyl (C=O) groups is 3. The summed E-state index contributed by atoms with van der Waals surface area (Å²) in [5.74, 6) is 0.141. The fraction of sp³-hybridized carbons (Fsp3) is 0.500. The van der Waals surface area contributed by atoms with Gasteiger partial charge < -0.3 is 26.0 Å². The second-order valence-electron chi connectivity index (χ2n) is 6.19. The molecule has 1 aromatic rings. The van der Waals surface area contributed by atoms with Gasteiger partial charge >= 0.3 is 0 Å². The summed E-state index contributed by atoms with van der Waals surface area (Å²) < 4.78 is 5.07. The van der Waals surface area contributed by atoms with Crippen molar-refractivity contribution in [2.45, 2.75) is 0 Å². The lowest BCUT2D eigenvalue weighted by atomic mass is 10.2. The number of ether oxygens (including phenoxy) is 1. The van der Waals surface area contributed by atoms with Gasteiger partial charge in [0.25, 0.3) is 5.91 Å². The van der Waals surface area contributed by atoms with E-state index in [4.69, 9.17) is 10.5 Å². The van der Waals surface area contributed by atoms with Crippen molar-refractivity contribution in [2.75, 3.05) is 59.5 Å². The largest absolute Gasteiger partial charge is 0.497 e. The lowest BCUT2D eigenvalue weighted by Gasteiger charge is -2.34. The minimum atomic E-state index is -0.338. The van der Waals surface area contributed by atoms with E-state index in [1.165, 1.54) is 0 Å². The Morgan fingerprint density at radius 1 is 1.03 bits per heavy atom. The number of methoxy groups -OCH3 is 1. The van der Waals surface area contributed by atoms with Crippen molar-refractivity contribution in [1.29, 1.82) is 0 Å². The molecule has 0 aromatic heterocycles. The topological polar surface area (TPSA) is 117 Å². The molecule has 0 saturated carbocycles. The van der Waals surface area contributed by atoms with Crippen LogP contribution in [0.5, 0.6) is 5.75 Å². The van der Waals surface area contributed by atoms with Crippen LogP contribution in [-0.2, 0) is 9.59 Å². The van der Waals surface area contributed by atoms with Gasteiger partial charge in [-0.3, -0.25) is 19.3 Å². The van der Waals surface area contributed by atoms with Crippen molar-refractivity contribution in [3.05, 3.63) is 29.8 Å². The van der Waals surface area contributed by atoms with E-state index in [0.29, 0.717) is 37.5 Å². The summed E-state index contributed by atoms with van der Waals surface area (Å²) >= 11 is 0. The third-order valence-electron chi connectivity index (χ3n) is 4.41. The molecule has 9 nitrogen and oxygen atoms in total. The van der Waals surface area contributed by atoms with Crippen molar-refractivity contribution in [2.24, 2.45) is 5.73 Å². The molecular formula is C18H29Cl2N5O4. The van der Waals surface area contributed by atoms with E-state index < -0.39 is 0 Å². The maximum atomic E-state index is 12.1. The summed E-state index contributed by atoms with van der Waals surface area (Å²) in [6, 6.07) is 6.95. The van der Waals surface area contributed by atoms with Crippen molar-refractivity contribution in [3.63, 3.8) is 0 Å². The SMILES string of the molecule is COc1ccc(C(=O)NCCN2CCN(C(=O)CNC(=O)CN)CC2)cc1.Cl.Cl. The molecule has 0 spiro atoms. The monoisotopic (exact) mass is 449 g/mol. The number of hydrogen-bond donors (Lipinski definition) is 3. The molecule has 29 heavy (non-hydrogen) atoms. The number of piperazine rings is 1. The Morgan fingerprint density at radius 2 is 1.66 bits per heavy atom. The van der Waals surface area contributed by atoms with Crippen molar-refractivity contribution in [1.82, 2.24) is 20.4 Å². The fourth-order valence-electron chi connectivity index (χ4n) is 2.75. The number of halogens is 2. The maximum absolute atomic E-state index is 12.1. The summed E-state index contributed by atoms with van der Waals surface area (Å²) in [4.78, 5) is 39.1. The van der Waals surface area contributed by atoms with Gasteiger partial charge in [-0.25, -0.2) is 0 Å². The van der Waals surface area contributed by atoms with Gasteiger partial charge in [-0.15, -0.1) is 24.8 Å². The number of nitrogens with zero attached hydrogens (tertiary/aromatic N) is 2. The molecule has 0 bridgehead atoms. The lowest BCUT2D eigenvalue weighted by Crippen LogP contribution is -2.52. The van der Waals surface area contributed by atoms with Gasteiger partial charge in [0.05, 0.1) is 20.2 Å². The maximum Gasteiger partial charge on any atom is 0.251 e. The van der Waals surface area contributed by atoms with Gasteiger partial charge in [0.15, 0.2) is 0 Å². The van der Waals surface area contributed by atoms with Gasteiger partial charge in [0.1, 0.15) is 5.75 Å². The molecular weight excluding hydrogens is 421 g/mol. The van der Waals surface area contributed by atoms with E-state index in [-0.39, 0.29) is 55.6 Å². The van der Waals surface area contributed by atoms with Crippen molar-refractivity contribution >= 4 is 42.5 Å². The van der Waals surface area contributed by atoms with E-state index in [9.17, 15) is 14.4 Å². The average Bonchev–Trinajstić information content (AvgIpc) is 2.72. The first-order valence-corrected chi connectivity index (χ1v) is 8.92. The Labute approximate surface area is 183 Å². The van der Waals surface area contributed by atoms with Gasteiger partial charge in [-0.1, -0.05) is 0 Å². The second kappa shape index (κ2) is 14.0. The van der Waals surface area contributed by atoms with Gasteiger partial charge in [-0.05, 0) is 24.3 Å². The van der Waals surface area contributed by atoms with Gasteiger partial charge in [0.2, 0.25) is 11.8 Å². The molecule has 1 aromatic carbocycles. The Morgan fingerprint density at radius 3 is 2.21 bits per heavy atom. The number of rotatable bonds is 8. The molecule has 0 radical (unpaired) electrons. The normalized spacial score (nSPS) is 13.5. The predicted octanol–water partition coefficient (Wildman–Crippen LogP) is -0.512. The smallest absolute Gasteiger partial charge is 0.251 e. The molecule has 164 valence electrons. The highest BCUT2D eigenvalue weighted by molar-refractivity contribution is 5.94. The predicted molar refractivity (Wildman–Crippen MR) is 115 cm³/mol. The standard InChI is InChI=1S/C18H27N5O4.2ClH/c1-27-15-4-2-14(3-5-15)18(26)20-6-7-22-8-10-23(11-9-22)17(25)13-21-16(24)12-19;;/h2-5H,6-13,19H2,1H3,(H,20,26)(H,21,24);2*1H. The van der Waals surface area contributed by atoms with Crippen LogP contribution in [0.25, 0.3) is 0 Å². The van der Waals surface area contributed by atoms with Crippen LogP contribution in [0, 0.1) is 0 Å². The highest BCUT2D eigenvalue weighted by Crippen LogP contribution is 2.11.